The first kappa shape index (κ1) is 22.0. The second-order valence-corrected chi connectivity index (χ2v) is 6.80. The van der Waals surface area contributed by atoms with E-state index in [1.54, 1.807) is 14.1 Å². The predicted octanol–water partition coefficient (Wildman–Crippen LogP) is -2.52. The maximum Gasteiger partial charge on any atom is 0.405 e. The lowest BCUT2D eigenvalue weighted by molar-refractivity contribution is -0.0654. The number of hydrogen-bond acceptors (Lipinski definition) is 8. The summed E-state index contributed by atoms with van der Waals surface area (Å²) in [5.41, 5.74) is 0. The van der Waals surface area contributed by atoms with E-state index in [1.165, 1.54) is 4.90 Å². The van der Waals surface area contributed by atoms with Crippen molar-refractivity contribution in [3.05, 3.63) is 0 Å². The van der Waals surface area contributed by atoms with Crippen LogP contribution in [0, 0.1) is 0 Å². The van der Waals surface area contributed by atoms with Crippen LogP contribution in [0.3, 0.4) is 0 Å². The summed E-state index contributed by atoms with van der Waals surface area (Å²) in [6, 6.07) is -1.46. The Hall–Kier alpha value is -1.01. The molecular formula is C15H31N3O7. The molecule has 0 aliphatic heterocycles. The zero-order valence-electron chi connectivity index (χ0n) is 14.6. The van der Waals surface area contributed by atoms with E-state index >= 15 is 0 Å². The Morgan fingerprint density at radius 3 is 2.36 bits per heavy atom. The van der Waals surface area contributed by atoms with Crippen LogP contribution in [-0.4, -0.2) is 105 Å². The van der Waals surface area contributed by atoms with Gasteiger partial charge in [-0.25, -0.2) is 4.79 Å². The van der Waals surface area contributed by atoms with Crippen LogP contribution in [0.5, 0.6) is 0 Å². The van der Waals surface area contributed by atoms with Gasteiger partial charge < -0.3 is 41.3 Å². The number of rotatable bonds is 8. The molecule has 25 heavy (non-hydrogen) atoms. The molecule has 0 spiro atoms. The molecule has 10 nitrogen and oxygen atoms in total. The van der Waals surface area contributed by atoms with Crippen molar-refractivity contribution in [3.63, 3.8) is 0 Å². The Kier molecular flexibility index (Phi) is 9.00. The van der Waals surface area contributed by atoms with E-state index in [-0.39, 0.29) is 13.0 Å². The second kappa shape index (κ2) is 10.2. The summed E-state index contributed by atoms with van der Waals surface area (Å²) in [4.78, 5) is 12.4. The van der Waals surface area contributed by atoms with Gasteiger partial charge in [0, 0.05) is 19.0 Å². The normalized spacial score (nSPS) is 31.2. The van der Waals surface area contributed by atoms with E-state index in [1.807, 2.05) is 0 Å². The zero-order valence-corrected chi connectivity index (χ0v) is 14.6. The van der Waals surface area contributed by atoms with E-state index in [0.717, 1.165) is 0 Å². The van der Waals surface area contributed by atoms with E-state index in [2.05, 4.69) is 10.6 Å². The smallest absolute Gasteiger partial charge is 0.405 e. The molecule has 1 aliphatic carbocycles. The van der Waals surface area contributed by atoms with E-state index < -0.39 is 48.8 Å². The number of hydrogen-bond donors (Lipinski definition) is 8. The van der Waals surface area contributed by atoms with Crippen LogP contribution >= 0.6 is 0 Å². The van der Waals surface area contributed by atoms with E-state index in [0.29, 0.717) is 19.3 Å². The molecule has 1 rings (SSSR count). The highest BCUT2D eigenvalue weighted by molar-refractivity contribution is 5.65. The van der Waals surface area contributed by atoms with Gasteiger partial charge in [-0.05, 0) is 33.4 Å². The second-order valence-electron chi connectivity index (χ2n) is 6.80. The molecule has 7 unspecified atom stereocenters. The molecule has 1 fully saturated rings. The largest absolute Gasteiger partial charge is 0.465 e. The molecule has 7 atom stereocenters. The number of aliphatic hydroxyl groups excluding tert-OH is 5. The van der Waals surface area contributed by atoms with Crippen LogP contribution in [0.4, 0.5) is 4.79 Å². The molecule has 148 valence electrons. The summed E-state index contributed by atoms with van der Waals surface area (Å²) in [6.45, 7) is -0.00183. The number of carboxylic acid groups (broad SMARTS) is 1. The monoisotopic (exact) mass is 365 g/mol. The van der Waals surface area contributed by atoms with Gasteiger partial charge in [-0.15, -0.1) is 0 Å². The summed E-state index contributed by atoms with van der Waals surface area (Å²) in [7, 11) is 3.26. The maximum absolute atomic E-state index is 11.0. The van der Waals surface area contributed by atoms with Crippen molar-refractivity contribution in [3.8, 4) is 0 Å². The Labute approximate surface area is 147 Å². The third-order valence-electron chi connectivity index (χ3n) is 4.59. The van der Waals surface area contributed by atoms with Gasteiger partial charge in [-0.3, -0.25) is 4.90 Å². The van der Waals surface area contributed by atoms with Crippen molar-refractivity contribution in [1.82, 2.24) is 15.5 Å². The predicted molar refractivity (Wildman–Crippen MR) is 88.9 cm³/mol. The summed E-state index contributed by atoms with van der Waals surface area (Å²) < 4.78 is 0. The lowest BCUT2D eigenvalue weighted by Gasteiger charge is -2.31. The van der Waals surface area contributed by atoms with E-state index in [4.69, 9.17) is 5.11 Å². The van der Waals surface area contributed by atoms with Gasteiger partial charge >= 0.3 is 6.09 Å². The highest BCUT2D eigenvalue weighted by Crippen LogP contribution is 2.19. The first-order valence-electron chi connectivity index (χ1n) is 8.43. The third-order valence-corrected chi connectivity index (χ3v) is 4.59. The van der Waals surface area contributed by atoms with Crippen molar-refractivity contribution in [2.75, 3.05) is 20.6 Å². The van der Waals surface area contributed by atoms with Crippen LogP contribution < -0.4 is 10.6 Å². The van der Waals surface area contributed by atoms with Crippen LogP contribution in [0.25, 0.3) is 0 Å². The number of carbonyl (C=O) groups is 1. The standard InChI is InChI=1S/C15H31N3O7/c1-18(2)12(21)6-11(20)9(17-15(24)25)7-16-8-4-3-5-10(19)14(23)13(8)22/h8-14,16-17,19-23H,3-7H2,1-2H3,(H,24,25). The van der Waals surface area contributed by atoms with Gasteiger partial charge in [-0.2, -0.15) is 0 Å². The first-order chi connectivity index (χ1) is 11.6. The molecule has 1 saturated carbocycles. The Bertz CT molecular complexity index is 413. The van der Waals surface area contributed by atoms with Crippen LogP contribution in [-0.2, 0) is 0 Å². The summed E-state index contributed by atoms with van der Waals surface area (Å²) in [5.74, 6) is 0. The minimum absolute atomic E-state index is 0.00183. The fourth-order valence-corrected chi connectivity index (χ4v) is 2.89. The molecule has 0 saturated heterocycles. The fourth-order valence-electron chi connectivity index (χ4n) is 2.89. The quantitative estimate of drug-likeness (QED) is 0.171. The number of aliphatic hydroxyl groups is 5. The van der Waals surface area contributed by atoms with Crippen molar-refractivity contribution < 1.29 is 35.4 Å². The fraction of sp³-hybridized carbons (Fsp3) is 0.933. The van der Waals surface area contributed by atoms with Crippen LogP contribution in [0.1, 0.15) is 25.7 Å². The van der Waals surface area contributed by atoms with Crippen molar-refractivity contribution >= 4 is 6.09 Å². The SMILES string of the molecule is CN(C)C(O)CC(O)C(CNC1CCCC(O)C(O)C1O)NC(=O)O. The molecule has 0 aromatic heterocycles. The highest BCUT2D eigenvalue weighted by Gasteiger charge is 2.35. The lowest BCUT2D eigenvalue weighted by Crippen LogP contribution is -2.55. The maximum atomic E-state index is 11.0. The summed E-state index contributed by atoms with van der Waals surface area (Å²) in [6.07, 6.45) is -5.51. The molecule has 10 heteroatoms. The topological polar surface area (TPSA) is 166 Å². The molecular weight excluding hydrogens is 334 g/mol. The highest BCUT2D eigenvalue weighted by atomic mass is 16.4. The first-order valence-corrected chi connectivity index (χ1v) is 8.43. The Morgan fingerprint density at radius 2 is 1.80 bits per heavy atom. The average molecular weight is 365 g/mol. The Balaban J connectivity index is 2.66. The molecule has 0 aromatic carbocycles. The molecule has 8 N–H and O–H groups in total. The zero-order chi connectivity index (χ0) is 19.1. The molecule has 0 bridgehead atoms. The van der Waals surface area contributed by atoms with Gasteiger partial charge in [0.25, 0.3) is 0 Å². The molecule has 0 radical (unpaired) electrons. The third kappa shape index (κ3) is 7.02. The molecule has 0 heterocycles. The Morgan fingerprint density at radius 1 is 1.16 bits per heavy atom. The average Bonchev–Trinajstić information content (AvgIpc) is 2.64. The number of nitrogens with one attached hydrogen (secondary N) is 2. The van der Waals surface area contributed by atoms with Gasteiger partial charge in [-0.1, -0.05) is 0 Å². The summed E-state index contributed by atoms with van der Waals surface area (Å²) in [5, 5.41) is 63.8. The lowest BCUT2D eigenvalue weighted by atomic mass is 10.0. The van der Waals surface area contributed by atoms with Crippen LogP contribution in [0.2, 0.25) is 0 Å². The minimum Gasteiger partial charge on any atom is -0.465 e. The van der Waals surface area contributed by atoms with Crippen molar-refractivity contribution in [2.24, 2.45) is 0 Å². The number of amides is 1. The molecule has 0 aromatic rings. The minimum atomic E-state index is -1.32. The van der Waals surface area contributed by atoms with Crippen molar-refractivity contribution in [1.29, 1.82) is 0 Å². The molecule has 1 amide bonds. The van der Waals surface area contributed by atoms with Gasteiger partial charge in [0.05, 0.1) is 24.4 Å². The van der Waals surface area contributed by atoms with Gasteiger partial charge in [0.1, 0.15) is 12.3 Å². The van der Waals surface area contributed by atoms with Gasteiger partial charge in [0.2, 0.25) is 0 Å². The van der Waals surface area contributed by atoms with Crippen LogP contribution in [0.15, 0.2) is 0 Å². The van der Waals surface area contributed by atoms with Gasteiger partial charge in [0.15, 0.2) is 0 Å². The molecule has 1 aliphatic rings. The number of nitrogens with zero attached hydrogens (tertiary/aromatic N) is 1. The van der Waals surface area contributed by atoms with E-state index in [9.17, 15) is 30.3 Å². The summed E-state index contributed by atoms with van der Waals surface area (Å²) >= 11 is 0. The van der Waals surface area contributed by atoms with Crippen molar-refractivity contribution in [2.45, 2.75) is 68.4 Å².